The van der Waals surface area contributed by atoms with Crippen LogP contribution in [0.4, 0.5) is 0 Å². The van der Waals surface area contributed by atoms with E-state index in [9.17, 15) is 9.90 Å². The Labute approximate surface area is 130 Å². The van der Waals surface area contributed by atoms with Crippen LogP contribution in [0.15, 0.2) is 23.8 Å². The van der Waals surface area contributed by atoms with Gasteiger partial charge in [0.2, 0.25) is 0 Å². The molecule has 0 bridgehead atoms. The lowest BCUT2D eigenvalue weighted by Gasteiger charge is -2.35. The molecule has 0 radical (unpaired) electrons. The number of ether oxygens (including phenoxy) is 2. The van der Waals surface area contributed by atoms with Crippen LogP contribution in [-0.4, -0.2) is 23.8 Å². The maximum Gasteiger partial charge on any atom is 0.339 e. The van der Waals surface area contributed by atoms with Crippen molar-refractivity contribution in [3.63, 3.8) is 0 Å². The molecule has 118 valence electrons. The molecule has 1 aliphatic carbocycles. The normalized spacial score (nSPS) is 26.9. The number of carboxylic acids is 1. The highest BCUT2D eigenvalue weighted by Crippen LogP contribution is 2.48. The summed E-state index contributed by atoms with van der Waals surface area (Å²) in [4.78, 5) is 11.5. The number of benzene rings is 1. The molecule has 0 aromatic heterocycles. The second-order valence-electron chi connectivity index (χ2n) is 6.54. The highest BCUT2D eigenvalue weighted by molar-refractivity contribution is 5.92. The number of hydrogen-bond donors (Lipinski definition) is 1. The minimum Gasteiger partial charge on any atom is -0.496 e. The number of rotatable bonds is 3. The Morgan fingerprint density at radius 3 is 2.82 bits per heavy atom. The van der Waals surface area contributed by atoms with Gasteiger partial charge >= 0.3 is 5.97 Å². The third-order valence-corrected chi connectivity index (χ3v) is 5.03. The number of carbonyl (C=O) groups is 1. The molecule has 1 aromatic rings. The minimum atomic E-state index is -0.956. The van der Waals surface area contributed by atoms with Crippen LogP contribution in [0.25, 0.3) is 0 Å². The van der Waals surface area contributed by atoms with E-state index in [4.69, 9.17) is 9.47 Å². The Balaban J connectivity index is 1.97. The highest BCUT2D eigenvalue weighted by atomic mass is 16.5. The molecule has 0 amide bonds. The van der Waals surface area contributed by atoms with Crippen molar-refractivity contribution in [3.05, 3.63) is 34.9 Å². The van der Waals surface area contributed by atoms with Crippen LogP contribution in [-0.2, 0) is 6.42 Å². The van der Waals surface area contributed by atoms with Gasteiger partial charge in [0.05, 0.1) is 7.11 Å². The molecule has 2 aliphatic rings. The van der Waals surface area contributed by atoms with Gasteiger partial charge in [0.25, 0.3) is 0 Å². The molecule has 1 aromatic carbocycles. The summed E-state index contributed by atoms with van der Waals surface area (Å²) in [6, 6.07) is 3.29. The van der Waals surface area contributed by atoms with Gasteiger partial charge in [0, 0.05) is 17.9 Å². The van der Waals surface area contributed by atoms with Crippen molar-refractivity contribution in [2.75, 3.05) is 7.11 Å². The standard InChI is InChI=1S/C18H22O4/c1-11-4-6-12(7-5-11)18(2)10-14-15(21-3)9-8-13(17(19)20)16(14)22-18/h4,8-9,12H,5-7,10H2,1-3H3,(H,19,20)/t12-,18?/m0/s1. The van der Waals surface area contributed by atoms with Crippen molar-refractivity contribution in [2.24, 2.45) is 5.92 Å². The number of carboxylic acid groups (broad SMARTS) is 1. The van der Waals surface area contributed by atoms with Gasteiger partial charge in [-0.15, -0.1) is 0 Å². The summed E-state index contributed by atoms with van der Waals surface area (Å²) in [6.07, 6.45) is 6.13. The molecule has 22 heavy (non-hydrogen) atoms. The number of allylic oxidation sites excluding steroid dienone is 2. The van der Waals surface area contributed by atoms with E-state index in [1.807, 2.05) is 0 Å². The molecule has 4 nitrogen and oxygen atoms in total. The summed E-state index contributed by atoms with van der Waals surface area (Å²) in [6.45, 7) is 4.26. The molecule has 2 atom stereocenters. The van der Waals surface area contributed by atoms with E-state index in [0.29, 0.717) is 23.8 Å². The topological polar surface area (TPSA) is 55.8 Å². The van der Waals surface area contributed by atoms with E-state index < -0.39 is 5.97 Å². The van der Waals surface area contributed by atoms with Crippen LogP contribution in [0.2, 0.25) is 0 Å². The zero-order chi connectivity index (χ0) is 15.9. The fourth-order valence-electron chi connectivity index (χ4n) is 3.62. The fraction of sp³-hybridized carbons (Fsp3) is 0.500. The predicted octanol–water partition coefficient (Wildman–Crippen LogP) is 3.83. The van der Waals surface area contributed by atoms with Gasteiger partial charge in [-0.05, 0) is 45.2 Å². The first-order chi connectivity index (χ1) is 10.4. The van der Waals surface area contributed by atoms with E-state index in [0.717, 1.165) is 24.8 Å². The molecule has 1 unspecified atom stereocenters. The van der Waals surface area contributed by atoms with Gasteiger partial charge in [0.15, 0.2) is 0 Å². The molecule has 0 spiro atoms. The molecule has 4 heteroatoms. The molecule has 1 N–H and O–H groups in total. The molecule has 0 fully saturated rings. The summed E-state index contributed by atoms with van der Waals surface area (Å²) < 4.78 is 11.6. The molecular formula is C18H22O4. The lowest BCUT2D eigenvalue weighted by Crippen LogP contribution is -2.40. The van der Waals surface area contributed by atoms with Gasteiger partial charge in [0.1, 0.15) is 22.7 Å². The van der Waals surface area contributed by atoms with E-state index in [-0.39, 0.29) is 11.2 Å². The van der Waals surface area contributed by atoms with Gasteiger partial charge in [-0.1, -0.05) is 11.6 Å². The third-order valence-electron chi connectivity index (χ3n) is 5.03. The van der Waals surface area contributed by atoms with Crippen LogP contribution >= 0.6 is 0 Å². The maximum absolute atomic E-state index is 11.5. The fourth-order valence-corrected chi connectivity index (χ4v) is 3.62. The monoisotopic (exact) mass is 302 g/mol. The van der Waals surface area contributed by atoms with Gasteiger partial charge < -0.3 is 14.6 Å². The molecule has 3 rings (SSSR count). The van der Waals surface area contributed by atoms with E-state index in [1.54, 1.807) is 19.2 Å². The maximum atomic E-state index is 11.5. The zero-order valence-corrected chi connectivity index (χ0v) is 13.3. The van der Waals surface area contributed by atoms with Crippen molar-refractivity contribution in [1.82, 2.24) is 0 Å². The molecule has 1 heterocycles. The first kappa shape index (κ1) is 14.9. The summed E-state index contributed by atoms with van der Waals surface area (Å²) in [5.41, 5.74) is 2.18. The largest absolute Gasteiger partial charge is 0.496 e. The van der Waals surface area contributed by atoms with Crippen molar-refractivity contribution >= 4 is 5.97 Å². The molecular weight excluding hydrogens is 280 g/mol. The smallest absolute Gasteiger partial charge is 0.339 e. The summed E-state index contributed by atoms with van der Waals surface area (Å²) in [5.74, 6) is 0.643. The second kappa shape index (κ2) is 5.34. The van der Waals surface area contributed by atoms with Gasteiger partial charge in [-0.25, -0.2) is 4.79 Å². The van der Waals surface area contributed by atoms with Crippen LogP contribution in [0.1, 0.15) is 49.0 Å². The van der Waals surface area contributed by atoms with E-state index in [2.05, 4.69) is 19.9 Å². The molecule has 0 saturated heterocycles. The SMILES string of the molecule is COc1ccc(C(=O)O)c2c1CC(C)([C@H]1CC=C(C)CC1)O2. The van der Waals surface area contributed by atoms with Gasteiger partial charge in [-0.2, -0.15) is 0 Å². The van der Waals surface area contributed by atoms with Crippen LogP contribution in [0.3, 0.4) is 0 Å². The first-order valence-corrected chi connectivity index (χ1v) is 7.72. The second-order valence-corrected chi connectivity index (χ2v) is 6.54. The van der Waals surface area contributed by atoms with Crippen molar-refractivity contribution in [1.29, 1.82) is 0 Å². The number of fused-ring (bicyclic) bond motifs is 1. The average Bonchev–Trinajstić information content (AvgIpc) is 2.84. The highest BCUT2D eigenvalue weighted by Gasteiger charge is 2.44. The Bertz CT molecular complexity index is 647. The Kier molecular flexibility index (Phi) is 3.63. The van der Waals surface area contributed by atoms with Crippen molar-refractivity contribution in [3.8, 4) is 11.5 Å². The number of aromatic carboxylic acids is 1. The summed E-state index contributed by atoms with van der Waals surface area (Å²) in [7, 11) is 1.61. The minimum absolute atomic E-state index is 0.224. The average molecular weight is 302 g/mol. The Hall–Kier alpha value is -1.97. The van der Waals surface area contributed by atoms with E-state index >= 15 is 0 Å². The lowest BCUT2D eigenvalue weighted by molar-refractivity contribution is 0.0400. The third kappa shape index (κ3) is 2.36. The van der Waals surface area contributed by atoms with Crippen LogP contribution in [0, 0.1) is 5.92 Å². The van der Waals surface area contributed by atoms with Crippen molar-refractivity contribution in [2.45, 2.75) is 45.1 Å². The predicted molar refractivity (Wildman–Crippen MR) is 83.8 cm³/mol. The molecule has 0 saturated carbocycles. The molecule has 1 aliphatic heterocycles. The van der Waals surface area contributed by atoms with Gasteiger partial charge in [-0.3, -0.25) is 0 Å². The summed E-state index contributed by atoms with van der Waals surface area (Å²) >= 11 is 0. The Morgan fingerprint density at radius 1 is 1.45 bits per heavy atom. The van der Waals surface area contributed by atoms with Crippen molar-refractivity contribution < 1.29 is 19.4 Å². The van der Waals surface area contributed by atoms with Crippen LogP contribution < -0.4 is 9.47 Å². The lowest BCUT2D eigenvalue weighted by atomic mass is 9.76. The zero-order valence-electron chi connectivity index (χ0n) is 13.3. The quantitative estimate of drug-likeness (QED) is 0.862. The Morgan fingerprint density at radius 2 is 2.23 bits per heavy atom. The first-order valence-electron chi connectivity index (χ1n) is 7.72. The number of methoxy groups -OCH3 is 1. The van der Waals surface area contributed by atoms with E-state index in [1.165, 1.54) is 5.57 Å². The summed E-state index contributed by atoms with van der Waals surface area (Å²) in [5, 5.41) is 9.40. The number of hydrogen-bond acceptors (Lipinski definition) is 3. The van der Waals surface area contributed by atoms with Crippen LogP contribution in [0.5, 0.6) is 11.5 Å².